The lowest BCUT2D eigenvalue weighted by molar-refractivity contribution is 0.0845. The Kier molecular flexibility index (Phi) is 4.89. The number of hydrogen-bond donors (Lipinski definition) is 2. The van der Waals surface area contributed by atoms with E-state index >= 15 is 0 Å². The first-order chi connectivity index (χ1) is 9.88. The van der Waals surface area contributed by atoms with Gasteiger partial charge in [0.2, 0.25) is 0 Å². The molecule has 0 saturated heterocycles. The van der Waals surface area contributed by atoms with Crippen LogP contribution in [-0.4, -0.2) is 11.8 Å². The SMILES string of the molecule is Cc1cc(C(=O)NNC(=O)c2ccc(Cl)c(I)c2)c(C)o1. The van der Waals surface area contributed by atoms with Crippen molar-refractivity contribution in [2.45, 2.75) is 13.8 Å². The van der Waals surface area contributed by atoms with E-state index in [1.54, 1.807) is 38.1 Å². The van der Waals surface area contributed by atoms with Crippen molar-refractivity contribution in [3.05, 3.63) is 55.5 Å². The summed E-state index contributed by atoms with van der Waals surface area (Å²) in [5, 5.41) is 0.570. The summed E-state index contributed by atoms with van der Waals surface area (Å²) in [5.41, 5.74) is 5.50. The molecule has 0 aliphatic rings. The summed E-state index contributed by atoms with van der Waals surface area (Å²) < 4.78 is 6.03. The minimum absolute atomic E-state index is 0.387. The number of carbonyl (C=O) groups excluding carboxylic acids is 2. The molecule has 2 aromatic rings. The molecule has 7 heteroatoms. The second-order valence-corrected chi connectivity index (χ2v) is 5.93. The lowest BCUT2D eigenvalue weighted by Crippen LogP contribution is -2.41. The average Bonchev–Trinajstić information content (AvgIpc) is 2.77. The van der Waals surface area contributed by atoms with Crippen molar-refractivity contribution in [2.75, 3.05) is 0 Å². The van der Waals surface area contributed by atoms with Crippen LogP contribution in [0.2, 0.25) is 5.02 Å². The third-order valence-corrected chi connectivity index (χ3v) is 4.30. The Balaban J connectivity index is 2.02. The highest BCUT2D eigenvalue weighted by Crippen LogP contribution is 2.19. The standard InChI is InChI=1S/C14H12ClIN2O3/c1-7-5-10(8(2)21-7)14(20)18-17-13(19)9-3-4-11(15)12(16)6-9/h3-6H,1-2H3,(H,17,19)(H,18,20). The number of carbonyl (C=O) groups is 2. The van der Waals surface area contributed by atoms with E-state index in [1.165, 1.54) is 0 Å². The van der Waals surface area contributed by atoms with Gasteiger partial charge < -0.3 is 4.42 Å². The van der Waals surface area contributed by atoms with Crippen LogP contribution in [0.5, 0.6) is 0 Å². The summed E-state index contributed by atoms with van der Waals surface area (Å²) >= 11 is 7.92. The lowest BCUT2D eigenvalue weighted by Gasteiger charge is -2.07. The van der Waals surface area contributed by atoms with E-state index in [-0.39, 0.29) is 0 Å². The van der Waals surface area contributed by atoms with Gasteiger partial charge in [-0.25, -0.2) is 0 Å². The van der Waals surface area contributed by atoms with E-state index in [4.69, 9.17) is 16.0 Å². The van der Waals surface area contributed by atoms with Gasteiger partial charge in [-0.3, -0.25) is 20.4 Å². The minimum atomic E-state index is -0.429. The van der Waals surface area contributed by atoms with Crippen LogP contribution >= 0.6 is 34.2 Å². The van der Waals surface area contributed by atoms with Crippen LogP contribution in [0.15, 0.2) is 28.7 Å². The van der Waals surface area contributed by atoms with Crippen LogP contribution in [0, 0.1) is 17.4 Å². The van der Waals surface area contributed by atoms with Crippen molar-refractivity contribution >= 4 is 46.0 Å². The third kappa shape index (κ3) is 3.76. The van der Waals surface area contributed by atoms with Gasteiger partial charge in [-0.2, -0.15) is 0 Å². The van der Waals surface area contributed by atoms with Gasteiger partial charge in [0.25, 0.3) is 11.8 Å². The maximum atomic E-state index is 11.9. The van der Waals surface area contributed by atoms with Gasteiger partial charge in [-0.1, -0.05) is 11.6 Å². The zero-order chi connectivity index (χ0) is 15.6. The van der Waals surface area contributed by atoms with E-state index in [0.29, 0.717) is 27.7 Å². The van der Waals surface area contributed by atoms with Crippen LogP contribution in [0.25, 0.3) is 0 Å². The first-order valence-corrected chi connectivity index (χ1v) is 7.47. The highest BCUT2D eigenvalue weighted by molar-refractivity contribution is 14.1. The molecule has 2 N–H and O–H groups in total. The Hall–Kier alpha value is -1.54. The summed E-state index contributed by atoms with van der Waals surface area (Å²) in [6, 6.07) is 6.46. The molecule has 0 atom stereocenters. The molecule has 110 valence electrons. The molecule has 1 heterocycles. The molecule has 0 unspecified atom stereocenters. The normalized spacial score (nSPS) is 10.3. The number of hydrazine groups is 1. The molecule has 0 radical (unpaired) electrons. The highest BCUT2D eigenvalue weighted by atomic mass is 127. The van der Waals surface area contributed by atoms with Gasteiger partial charge in [-0.05, 0) is 60.7 Å². The number of rotatable bonds is 2. The molecule has 0 bridgehead atoms. The Labute approximate surface area is 140 Å². The second kappa shape index (κ2) is 6.48. The zero-order valence-electron chi connectivity index (χ0n) is 11.3. The summed E-state index contributed by atoms with van der Waals surface area (Å²) in [7, 11) is 0. The Morgan fingerprint density at radius 1 is 1.14 bits per heavy atom. The van der Waals surface area contributed by atoms with Crippen molar-refractivity contribution in [1.29, 1.82) is 0 Å². The summed E-state index contributed by atoms with van der Waals surface area (Å²) in [4.78, 5) is 23.9. The first-order valence-electron chi connectivity index (χ1n) is 6.01. The van der Waals surface area contributed by atoms with Gasteiger partial charge in [0.1, 0.15) is 11.5 Å². The topological polar surface area (TPSA) is 71.3 Å². The maximum absolute atomic E-state index is 11.9. The van der Waals surface area contributed by atoms with Crippen LogP contribution in [0.3, 0.4) is 0 Å². The van der Waals surface area contributed by atoms with Crippen LogP contribution in [-0.2, 0) is 0 Å². The minimum Gasteiger partial charge on any atom is -0.466 e. The third-order valence-electron chi connectivity index (χ3n) is 2.76. The second-order valence-electron chi connectivity index (χ2n) is 4.36. The predicted molar refractivity (Wildman–Crippen MR) is 87.3 cm³/mol. The fraction of sp³-hybridized carbons (Fsp3) is 0.143. The van der Waals surface area contributed by atoms with E-state index in [1.807, 2.05) is 22.6 Å². The summed E-state index contributed by atoms with van der Waals surface area (Å²) in [6.07, 6.45) is 0. The smallest absolute Gasteiger partial charge is 0.273 e. The molecule has 1 aromatic carbocycles. The number of hydrogen-bond acceptors (Lipinski definition) is 3. The fourth-order valence-electron chi connectivity index (χ4n) is 1.75. The number of amides is 2. The predicted octanol–water partition coefficient (Wildman–Crippen LogP) is 3.23. The van der Waals surface area contributed by atoms with Crippen molar-refractivity contribution in [3.63, 3.8) is 0 Å². The van der Waals surface area contributed by atoms with Gasteiger partial charge in [0, 0.05) is 9.13 Å². The number of nitrogens with one attached hydrogen (secondary N) is 2. The highest BCUT2D eigenvalue weighted by Gasteiger charge is 2.15. The Morgan fingerprint density at radius 2 is 1.81 bits per heavy atom. The van der Waals surface area contributed by atoms with Crippen molar-refractivity contribution < 1.29 is 14.0 Å². The van der Waals surface area contributed by atoms with E-state index in [0.717, 1.165) is 3.57 Å². The van der Waals surface area contributed by atoms with Crippen molar-refractivity contribution in [1.82, 2.24) is 10.9 Å². The van der Waals surface area contributed by atoms with E-state index in [2.05, 4.69) is 10.9 Å². The molecule has 0 saturated carbocycles. The number of aryl methyl sites for hydroxylation is 2. The molecule has 2 rings (SSSR count). The quantitative estimate of drug-likeness (QED) is 0.581. The van der Waals surface area contributed by atoms with Crippen molar-refractivity contribution in [2.24, 2.45) is 0 Å². The van der Waals surface area contributed by atoms with Crippen molar-refractivity contribution in [3.8, 4) is 0 Å². The van der Waals surface area contributed by atoms with Gasteiger partial charge in [-0.15, -0.1) is 0 Å². The molecule has 1 aromatic heterocycles. The van der Waals surface area contributed by atoms with Gasteiger partial charge >= 0.3 is 0 Å². The summed E-state index contributed by atoms with van der Waals surface area (Å²) in [5.74, 6) is 0.286. The summed E-state index contributed by atoms with van der Waals surface area (Å²) in [6.45, 7) is 3.43. The molecule has 21 heavy (non-hydrogen) atoms. The number of benzene rings is 1. The molecular weight excluding hydrogens is 407 g/mol. The lowest BCUT2D eigenvalue weighted by atomic mass is 10.2. The van der Waals surface area contributed by atoms with Gasteiger partial charge in [0.15, 0.2) is 0 Å². The first kappa shape index (κ1) is 15.8. The van der Waals surface area contributed by atoms with Crippen LogP contribution in [0.4, 0.5) is 0 Å². The maximum Gasteiger partial charge on any atom is 0.273 e. The monoisotopic (exact) mass is 418 g/mol. The number of furan rings is 1. The Morgan fingerprint density at radius 3 is 2.38 bits per heavy atom. The average molecular weight is 419 g/mol. The Bertz CT molecular complexity index is 712. The van der Waals surface area contributed by atoms with Gasteiger partial charge in [0.05, 0.1) is 10.6 Å². The van der Waals surface area contributed by atoms with E-state index < -0.39 is 11.8 Å². The number of halogens is 2. The molecular formula is C14H12ClIN2O3. The van der Waals surface area contributed by atoms with E-state index in [9.17, 15) is 9.59 Å². The largest absolute Gasteiger partial charge is 0.466 e. The molecule has 0 aliphatic heterocycles. The molecule has 0 aliphatic carbocycles. The zero-order valence-corrected chi connectivity index (χ0v) is 14.2. The fourth-order valence-corrected chi connectivity index (χ4v) is 2.38. The molecule has 0 fully saturated rings. The molecule has 2 amide bonds. The van der Waals surface area contributed by atoms with Crippen LogP contribution in [0.1, 0.15) is 32.2 Å². The van der Waals surface area contributed by atoms with Crippen LogP contribution < -0.4 is 10.9 Å². The molecule has 0 spiro atoms. The molecule has 5 nitrogen and oxygen atoms in total.